The van der Waals surface area contributed by atoms with E-state index in [0.717, 1.165) is 29.8 Å². The van der Waals surface area contributed by atoms with Crippen LogP contribution in [0.1, 0.15) is 17.7 Å². The highest BCUT2D eigenvalue weighted by atomic mass is 32.1. The number of hydrogen-bond acceptors (Lipinski definition) is 4. The third-order valence-corrected chi connectivity index (χ3v) is 4.87. The summed E-state index contributed by atoms with van der Waals surface area (Å²) in [6.45, 7) is 0. The fraction of sp³-hybridized carbons (Fsp3) is 0.267. The second-order valence-electron chi connectivity index (χ2n) is 5.03. The van der Waals surface area contributed by atoms with E-state index >= 15 is 0 Å². The van der Waals surface area contributed by atoms with E-state index in [4.69, 9.17) is 4.98 Å². The van der Waals surface area contributed by atoms with Gasteiger partial charge >= 0.3 is 0 Å². The lowest BCUT2D eigenvalue weighted by Gasteiger charge is -2.00. The molecule has 100 valence electrons. The van der Waals surface area contributed by atoms with E-state index in [9.17, 15) is 0 Å². The first-order valence-corrected chi connectivity index (χ1v) is 7.56. The largest absolute Gasteiger partial charge is 0.267 e. The lowest BCUT2D eigenvalue weighted by molar-refractivity contribution is 0.775. The Morgan fingerprint density at radius 1 is 1.20 bits per heavy atom. The zero-order valence-corrected chi connectivity index (χ0v) is 12.0. The number of aromatic nitrogens is 4. The number of thiazole rings is 1. The Labute approximate surface area is 121 Å². The van der Waals surface area contributed by atoms with Gasteiger partial charge in [0.05, 0.1) is 22.5 Å². The Bertz CT molecular complexity index is 758. The average Bonchev–Trinajstić information content (AvgIpc) is 3.00. The molecule has 0 saturated heterocycles. The van der Waals surface area contributed by atoms with Crippen LogP contribution in [0.3, 0.4) is 0 Å². The second-order valence-corrected chi connectivity index (χ2v) is 6.03. The Hall–Kier alpha value is -2.01. The van der Waals surface area contributed by atoms with E-state index in [1.165, 1.54) is 21.8 Å². The molecule has 0 spiro atoms. The zero-order valence-electron chi connectivity index (χ0n) is 11.2. The van der Waals surface area contributed by atoms with Gasteiger partial charge in [-0.3, -0.25) is 9.67 Å². The monoisotopic (exact) mass is 282 g/mol. The van der Waals surface area contributed by atoms with Crippen molar-refractivity contribution in [1.29, 1.82) is 0 Å². The summed E-state index contributed by atoms with van der Waals surface area (Å²) in [5.41, 5.74) is 4.94. The highest BCUT2D eigenvalue weighted by molar-refractivity contribution is 7.18. The van der Waals surface area contributed by atoms with Crippen molar-refractivity contribution < 1.29 is 0 Å². The number of pyridine rings is 1. The third-order valence-electron chi connectivity index (χ3n) is 3.71. The maximum Gasteiger partial charge on any atom is 0.124 e. The molecule has 0 bridgehead atoms. The Morgan fingerprint density at radius 2 is 2.05 bits per heavy atom. The van der Waals surface area contributed by atoms with E-state index in [1.807, 2.05) is 42.5 Å². The van der Waals surface area contributed by atoms with Crippen molar-refractivity contribution in [2.24, 2.45) is 7.05 Å². The minimum Gasteiger partial charge on any atom is -0.267 e. The molecule has 0 saturated carbocycles. The molecule has 0 unspecified atom stereocenters. The summed E-state index contributed by atoms with van der Waals surface area (Å²) in [6, 6.07) is 4.03. The van der Waals surface area contributed by atoms with Crippen molar-refractivity contribution in [3.05, 3.63) is 42.0 Å². The molecule has 3 heterocycles. The van der Waals surface area contributed by atoms with Crippen molar-refractivity contribution in [2.45, 2.75) is 19.3 Å². The van der Waals surface area contributed by atoms with Gasteiger partial charge in [0.25, 0.3) is 0 Å². The Morgan fingerprint density at radius 3 is 2.90 bits per heavy atom. The number of hydrogen-bond donors (Lipinski definition) is 0. The lowest BCUT2D eigenvalue weighted by Crippen LogP contribution is -1.94. The molecular formula is C15H14N4S. The fourth-order valence-corrected chi connectivity index (χ4v) is 3.96. The van der Waals surface area contributed by atoms with E-state index in [0.29, 0.717) is 0 Å². The predicted octanol–water partition coefficient (Wildman–Crippen LogP) is 3.09. The third kappa shape index (κ3) is 1.78. The van der Waals surface area contributed by atoms with Gasteiger partial charge in [-0.1, -0.05) is 0 Å². The van der Waals surface area contributed by atoms with Crippen LogP contribution in [0.15, 0.2) is 30.7 Å². The highest BCUT2D eigenvalue weighted by Crippen LogP contribution is 2.39. The molecule has 0 fully saturated rings. The average molecular weight is 282 g/mol. The number of fused-ring (bicyclic) bond motifs is 3. The molecule has 0 atom stereocenters. The van der Waals surface area contributed by atoms with Gasteiger partial charge in [0.2, 0.25) is 0 Å². The standard InChI is InChI=1S/C15H14N4S/c1-19-13-11(9-17-19)3-2-4-12-14(13)20-15(18-12)10-5-7-16-8-6-10/h5-9H,2-4H2,1H3. The normalized spacial score (nSPS) is 13.7. The summed E-state index contributed by atoms with van der Waals surface area (Å²) in [6.07, 6.45) is 8.92. The van der Waals surface area contributed by atoms with Crippen LogP contribution in [0.25, 0.3) is 21.1 Å². The van der Waals surface area contributed by atoms with Gasteiger partial charge in [0.1, 0.15) is 5.01 Å². The Balaban J connectivity index is 1.90. The molecule has 4 rings (SSSR count). The Kier molecular flexibility index (Phi) is 2.67. The first kappa shape index (κ1) is 11.8. The zero-order chi connectivity index (χ0) is 13.5. The molecule has 1 aliphatic carbocycles. The number of nitrogens with zero attached hydrogens (tertiary/aromatic N) is 4. The van der Waals surface area contributed by atoms with Crippen LogP contribution in [0.5, 0.6) is 0 Å². The fourth-order valence-electron chi connectivity index (χ4n) is 2.73. The molecule has 0 aromatic carbocycles. The molecule has 0 amide bonds. The molecule has 5 heteroatoms. The predicted molar refractivity (Wildman–Crippen MR) is 79.6 cm³/mol. The van der Waals surface area contributed by atoms with Crippen molar-refractivity contribution in [1.82, 2.24) is 19.7 Å². The van der Waals surface area contributed by atoms with Crippen LogP contribution < -0.4 is 0 Å². The van der Waals surface area contributed by atoms with E-state index < -0.39 is 0 Å². The lowest BCUT2D eigenvalue weighted by atomic mass is 10.1. The SMILES string of the molecule is Cn1ncc2c1-c1sc(-c3ccncc3)nc1CCC2. The van der Waals surface area contributed by atoms with Crippen molar-refractivity contribution in [3.8, 4) is 21.1 Å². The van der Waals surface area contributed by atoms with E-state index in [1.54, 1.807) is 11.3 Å². The minimum absolute atomic E-state index is 1.05. The van der Waals surface area contributed by atoms with Crippen LogP contribution in [0, 0.1) is 0 Å². The van der Waals surface area contributed by atoms with Crippen molar-refractivity contribution in [2.75, 3.05) is 0 Å². The smallest absolute Gasteiger partial charge is 0.124 e. The van der Waals surface area contributed by atoms with E-state index in [2.05, 4.69) is 10.1 Å². The van der Waals surface area contributed by atoms with Crippen LogP contribution >= 0.6 is 11.3 Å². The second kappa shape index (κ2) is 4.52. The van der Waals surface area contributed by atoms with Gasteiger partial charge in [0, 0.05) is 25.0 Å². The topological polar surface area (TPSA) is 43.6 Å². The van der Waals surface area contributed by atoms with Crippen LogP contribution in [0.2, 0.25) is 0 Å². The summed E-state index contributed by atoms with van der Waals surface area (Å²) >= 11 is 1.76. The summed E-state index contributed by atoms with van der Waals surface area (Å²) in [5.74, 6) is 0. The van der Waals surface area contributed by atoms with Gasteiger partial charge in [-0.2, -0.15) is 5.10 Å². The summed E-state index contributed by atoms with van der Waals surface area (Å²) in [5, 5.41) is 5.48. The van der Waals surface area contributed by atoms with E-state index in [-0.39, 0.29) is 0 Å². The molecule has 1 aliphatic rings. The molecule has 4 nitrogen and oxygen atoms in total. The van der Waals surface area contributed by atoms with Crippen LogP contribution in [-0.4, -0.2) is 19.7 Å². The van der Waals surface area contributed by atoms with Gasteiger partial charge in [-0.25, -0.2) is 4.98 Å². The first-order valence-electron chi connectivity index (χ1n) is 6.74. The minimum atomic E-state index is 1.05. The van der Waals surface area contributed by atoms with Crippen LogP contribution in [0.4, 0.5) is 0 Å². The molecule has 3 aromatic rings. The maximum atomic E-state index is 4.85. The highest BCUT2D eigenvalue weighted by Gasteiger charge is 2.22. The summed E-state index contributed by atoms with van der Waals surface area (Å²) in [7, 11) is 2.01. The van der Waals surface area contributed by atoms with Gasteiger partial charge in [0.15, 0.2) is 0 Å². The summed E-state index contributed by atoms with van der Waals surface area (Å²) in [4.78, 5) is 10.2. The van der Waals surface area contributed by atoms with Gasteiger partial charge in [-0.15, -0.1) is 11.3 Å². The summed E-state index contributed by atoms with van der Waals surface area (Å²) < 4.78 is 1.98. The van der Waals surface area contributed by atoms with Crippen molar-refractivity contribution in [3.63, 3.8) is 0 Å². The molecule has 3 aromatic heterocycles. The molecule has 20 heavy (non-hydrogen) atoms. The van der Waals surface area contributed by atoms with Crippen molar-refractivity contribution >= 4 is 11.3 Å². The van der Waals surface area contributed by atoms with Gasteiger partial charge in [-0.05, 0) is 37.0 Å². The first-order chi connectivity index (χ1) is 9.83. The number of aryl methyl sites for hydroxylation is 3. The molecule has 0 aliphatic heterocycles. The molecule has 0 N–H and O–H groups in total. The maximum absolute atomic E-state index is 4.85. The van der Waals surface area contributed by atoms with Crippen LogP contribution in [-0.2, 0) is 19.9 Å². The molecular weight excluding hydrogens is 268 g/mol. The number of rotatable bonds is 1. The molecule has 0 radical (unpaired) electrons. The van der Waals surface area contributed by atoms with Gasteiger partial charge < -0.3 is 0 Å². The quantitative estimate of drug-likeness (QED) is 0.689.